The van der Waals surface area contributed by atoms with Gasteiger partial charge >= 0.3 is 6.18 Å². The zero-order valence-corrected chi connectivity index (χ0v) is 18.5. The second-order valence-electron chi connectivity index (χ2n) is 7.85. The van der Waals surface area contributed by atoms with Crippen molar-refractivity contribution in [1.82, 2.24) is 19.6 Å². The molecule has 0 amide bonds. The van der Waals surface area contributed by atoms with Gasteiger partial charge in [-0.2, -0.15) is 18.2 Å². The van der Waals surface area contributed by atoms with Crippen LogP contribution in [0.5, 0.6) is 11.5 Å². The number of rotatable bonds is 6. The summed E-state index contributed by atoms with van der Waals surface area (Å²) in [5.41, 5.74) is 6.00. The fourth-order valence-electron chi connectivity index (χ4n) is 3.67. The Morgan fingerprint density at radius 3 is 2.36 bits per heavy atom. The molecule has 0 radical (unpaired) electrons. The summed E-state index contributed by atoms with van der Waals surface area (Å²) in [4.78, 5) is 4.57. The maximum atomic E-state index is 13.2. The minimum Gasteiger partial charge on any atom is -0.493 e. The van der Waals surface area contributed by atoms with Crippen molar-refractivity contribution in [2.24, 2.45) is 0 Å². The predicted molar refractivity (Wildman–Crippen MR) is 119 cm³/mol. The quantitative estimate of drug-likeness (QED) is 0.405. The number of nitrogens with two attached hydrogens (primary N) is 1. The van der Waals surface area contributed by atoms with Crippen molar-refractivity contribution in [3.8, 4) is 11.5 Å². The third kappa shape index (κ3) is 4.18. The molecule has 2 aromatic heterocycles. The lowest BCUT2D eigenvalue weighted by molar-refractivity contribution is -0.137. The van der Waals surface area contributed by atoms with Crippen LogP contribution in [0.3, 0.4) is 0 Å². The molecule has 33 heavy (non-hydrogen) atoms. The number of hydrogen-bond acceptors (Lipinski definition) is 7. The van der Waals surface area contributed by atoms with E-state index >= 15 is 0 Å². The van der Waals surface area contributed by atoms with Crippen molar-refractivity contribution in [2.75, 3.05) is 25.3 Å². The van der Waals surface area contributed by atoms with Gasteiger partial charge in [-0.15, -0.1) is 10.2 Å². The Labute approximate surface area is 187 Å². The molecular weight excluding hydrogens is 437 g/mol. The van der Waals surface area contributed by atoms with Crippen LogP contribution in [0.4, 0.5) is 24.7 Å². The highest BCUT2D eigenvalue weighted by atomic mass is 19.4. The van der Waals surface area contributed by atoms with Crippen LogP contribution in [0.25, 0.3) is 16.7 Å². The van der Waals surface area contributed by atoms with Gasteiger partial charge in [0.1, 0.15) is 11.6 Å². The minimum absolute atomic E-state index is 0.0281. The van der Waals surface area contributed by atoms with Gasteiger partial charge in [0.2, 0.25) is 0 Å². The molecule has 0 unspecified atom stereocenters. The topological polar surface area (TPSA) is 99.6 Å². The number of aromatic nitrogens is 4. The van der Waals surface area contributed by atoms with Crippen molar-refractivity contribution in [1.29, 1.82) is 0 Å². The van der Waals surface area contributed by atoms with Crippen molar-refractivity contribution in [2.45, 2.75) is 32.5 Å². The van der Waals surface area contributed by atoms with Crippen molar-refractivity contribution in [3.05, 3.63) is 47.3 Å². The van der Waals surface area contributed by atoms with E-state index in [-0.39, 0.29) is 18.2 Å². The van der Waals surface area contributed by atoms with E-state index in [1.165, 1.54) is 20.3 Å². The Kier molecular flexibility index (Phi) is 5.64. The third-order valence-electron chi connectivity index (χ3n) is 5.20. The Hall–Kier alpha value is -3.76. The van der Waals surface area contributed by atoms with Crippen molar-refractivity contribution < 1.29 is 22.6 Å². The van der Waals surface area contributed by atoms with Gasteiger partial charge < -0.3 is 20.5 Å². The molecule has 2 heterocycles. The molecule has 0 spiro atoms. The summed E-state index contributed by atoms with van der Waals surface area (Å²) in [6, 6.07) is 7.01. The van der Waals surface area contributed by atoms with E-state index in [1.54, 1.807) is 12.1 Å². The molecule has 0 atom stereocenters. The predicted octanol–water partition coefficient (Wildman–Crippen LogP) is 4.63. The number of ether oxygens (including phenoxy) is 2. The molecule has 0 bridgehead atoms. The number of hydrogen-bond donors (Lipinski definition) is 2. The Balaban J connectivity index is 1.85. The highest BCUT2D eigenvalue weighted by Crippen LogP contribution is 2.36. The fourth-order valence-corrected chi connectivity index (χ4v) is 3.67. The van der Waals surface area contributed by atoms with Crippen LogP contribution in [0.15, 0.2) is 30.3 Å². The first-order valence-electron chi connectivity index (χ1n) is 10.1. The van der Waals surface area contributed by atoms with E-state index in [0.717, 1.165) is 17.6 Å². The molecule has 174 valence electrons. The molecule has 4 rings (SSSR count). The Morgan fingerprint density at radius 2 is 1.73 bits per heavy atom. The van der Waals surface area contributed by atoms with Crippen LogP contribution in [0.2, 0.25) is 0 Å². The second-order valence-corrected chi connectivity index (χ2v) is 7.85. The van der Waals surface area contributed by atoms with Crippen LogP contribution in [0.1, 0.15) is 36.7 Å². The molecule has 0 aliphatic heterocycles. The molecule has 4 aromatic rings. The lowest BCUT2D eigenvalue weighted by atomic mass is 10.1. The maximum absolute atomic E-state index is 13.2. The van der Waals surface area contributed by atoms with Gasteiger partial charge in [0, 0.05) is 29.6 Å². The van der Waals surface area contributed by atoms with Gasteiger partial charge in [-0.25, -0.2) is 0 Å². The summed E-state index contributed by atoms with van der Waals surface area (Å²) in [5, 5.41) is 12.2. The van der Waals surface area contributed by atoms with Crippen molar-refractivity contribution >= 4 is 28.2 Å². The lowest BCUT2D eigenvalue weighted by Crippen LogP contribution is -2.10. The summed E-state index contributed by atoms with van der Waals surface area (Å²) in [7, 11) is 3.06. The maximum Gasteiger partial charge on any atom is 0.416 e. The van der Waals surface area contributed by atoms with E-state index < -0.39 is 11.7 Å². The number of methoxy groups -OCH3 is 2. The molecule has 2 aromatic carbocycles. The van der Waals surface area contributed by atoms with Crippen molar-refractivity contribution in [3.63, 3.8) is 0 Å². The first-order chi connectivity index (χ1) is 15.6. The zero-order chi connectivity index (χ0) is 23.9. The summed E-state index contributed by atoms with van der Waals surface area (Å²) in [6.45, 7) is 4.05. The SMILES string of the molecule is COc1cc2c(NCc3cc(N)cc(C(F)(F)F)c3)nc3nnc(C(C)C)n3c2cc1OC. The normalized spacial score (nSPS) is 12.0. The zero-order valence-electron chi connectivity index (χ0n) is 18.5. The smallest absolute Gasteiger partial charge is 0.416 e. The highest BCUT2D eigenvalue weighted by Gasteiger charge is 2.31. The first-order valence-corrected chi connectivity index (χ1v) is 10.1. The van der Waals surface area contributed by atoms with E-state index in [0.29, 0.717) is 39.9 Å². The third-order valence-corrected chi connectivity index (χ3v) is 5.20. The van der Waals surface area contributed by atoms with Gasteiger partial charge in [-0.3, -0.25) is 4.40 Å². The average Bonchev–Trinajstić information content (AvgIpc) is 3.20. The number of halogens is 3. The molecule has 3 N–H and O–H groups in total. The standard InChI is InChI=1S/C22H23F3N6O2/c1-11(2)20-29-30-21-28-19(15-8-17(32-3)18(33-4)9-16(15)31(20)21)27-10-12-5-13(22(23,24)25)7-14(26)6-12/h5-9,11H,10,26H2,1-4H3,(H,27,28,30). The number of nitrogens with zero attached hydrogens (tertiary/aromatic N) is 4. The lowest BCUT2D eigenvalue weighted by Gasteiger charge is -2.16. The van der Waals surface area contributed by atoms with Crippen LogP contribution in [0, 0.1) is 0 Å². The summed E-state index contributed by atoms with van der Waals surface area (Å²) in [6.07, 6.45) is -4.49. The highest BCUT2D eigenvalue weighted by molar-refractivity contribution is 5.93. The number of anilines is 2. The van der Waals surface area contributed by atoms with E-state index in [9.17, 15) is 13.2 Å². The molecule has 0 fully saturated rings. The van der Waals surface area contributed by atoms with Crippen LogP contribution >= 0.6 is 0 Å². The monoisotopic (exact) mass is 460 g/mol. The van der Waals surface area contributed by atoms with Gasteiger partial charge in [0.15, 0.2) is 11.5 Å². The summed E-state index contributed by atoms with van der Waals surface area (Å²) in [5.74, 6) is 2.55. The number of benzene rings is 2. The molecule has 0 aliphatic carbocycles. The fraction of sp³-hybridized carbons (Fsp3) is 0.318. The number of nitrogens with one attached hydrogen (secondary N) is 1. The molecule has 0 saturated heterocycles. The Bertz CT molecular complexity index is 1330. The Morgan fingerprint density at radius 1 is 1.03 bits per heavy atom. The van der Waals surface area contributed by atoms with E-state index in [1.807, 2.05) is 18.2 Å². The van der Waals surface area contributed by atoms with Gasteiger partial charge in [-0.1, -0.05) is 13.8 Å². The van der Waals surface area contributed by atoms with Crippen LogP contribution < -0.4 is 20.5 Å². The van der Waals surface area contributed by atoms with Crippen LogP contribution in [-0.4, -0.2) is 33.8 Å². The second kappa shape index (κ2) is 8.30. The van der Waals surface area contributed by atoms with Crippen LogP contribution in [-0.2, 0) is 12.7 Å². The number of alkyl halides is 3. The number of nitrogen functional groups attached to an aromatic ring is 1. The molecule has 0 saturated carbocycles. The number of fused-ring (bicyclic) bond motifs is 3. The molecule has 8 nitrogen and oxygen atoms in total. The molecule has 11 heteroatoms. The largest absolute Gasteiger partial charge is 0.493 e. The molecular formula is C22H23F3N6O2. The summed E-state index contributed by atoms with van der Waals surface area (Å²) < 4.78 is 52.3. The van der Waals surface area contributed by atoms with Gasteiger partial charge in [0.25, 0.3) is 5.78 Å². The molecule has 0 aliphatic rings. The van der Waals surface area contributed by atoms with Gasteiger partial charge in [0.05, 0.1) is 25.3 Å². The average molecular weight is 460 g/mol. The van der Waals surface area contributed by atoms with E-state index in [4.69, 9.17) is 15.2 Å². The first kappa shape index (κ1) is 22.4. The van der Waals surface area contributed by atoms with Gasteiger partial charge in [-0.05, 0) is 29.8 Å². The van der Waals surface area contributed by atoms with E-state index in [2.05, 4.69) is 20.5 Å². The summed E-state index contributed by atoms with van der Waals surface area (Å²) >= 11 is 0. The minimum atomic E-state index is -4.49.